The molecule has 0 saturated heterocycles. The molecule has 6 heteroatoms. The predicted octanol–water partition coefficient (Wildman–Crippen LogP) is 2.66. The summed E-state index contributed by atoms with van der Waals surface area (Å²) < 4.78 is 27.2. The van der Waals surface area contributed by atoms with E-state index in [1.807, 2.05) is 13.8 Å². The maximum Gasteiger partial charge on any atom is 0.240 e. The summed E-state index contributed by atoms with van der Waals surface area (Å²) >= 11 is 5.99. The van der Waals surface area contributed by atoms with Crippen molar-refractivity contribution in [2.45, 2.75) is 50.6 Å². The third-order valence-corrected chi connectivity index (χ3v) is 4.88. The van der Waals surface area contributed by atoms with Gasteiger partial charge in [-0.3, -0.25) is 0 Å². The predicted molar refractivity (Wildman–Crippen MR) is 78.7 cm³/mol. The smallest absolute Gasteiger partial charge is 0.240 e. The fraction of sp³-hybridized carbons (Fsp3) is 0.538. The number of rotatable bonds is 7. The Hall–Kier alpha value is -0.620. The molecule has 0 spiro atoms. The number of nitrogens with one attached hydrogen (secondary N) is 1. The van der Waals surface area contributed by atoms with Gasteiger partial charge in [-0.15, -0.1) is 0 Å². The topological polar surface area (TPSA) is 72.2 Å². The zero-order valence-corrected chi connectivity index (χ0v) is 12.9. The van der Waals surface area contributed by atoms with Crippen molar-refractivity contribution >= 4 is 21.6 Å². The van der Waals surface area contributed by atoms with E-state index in [1.54, 1.807) is 6.07 Å². The Labute approximate surface area is 120 Å². The van der Waals surface area contributed by atoms with Crippen LogP contribution in [0.5, 0.6) is 0 Å². The molecule has 0 aliphatic rings. The van der Waals surface area contributed by atoms with Crippen LogP contribution in [-0.2, 0) is 16.6 Å². The quantitative estimate of drug-likeness (QED) is 0.813. The number of halogens is 1. The lowest BCUT2D eigenvalue weighted by Crippen LogP contribution is -2.34. The maximum atomic E-state index is 12.2. The van der Waals surface area contributed by atoms with Crippen LogP contribution in [0.1, 0.15) is 38.7 Å². The van der Waals surface area contributed by atoms with Gasteiger partial charge in [0.05, 0.1) is 4.90 Å². The Balaban J connectivity index is 2.96. The van der Waals surface area contributed by atoms with Crippen LogP contribution >= 0.6 is 11.6 Å². The van der Waals surface area contributed by atoms with Crippen molar-refractivity contribution in [3.63, 3.8) is 0 Å². The van der Waals surface area contributed by atoms with E-state index in [-0.39, 0.29) is 10.9 Å². The Morgan fingerprint density at radius 2 is 2.05 bits per heavy atom. The van der Waals surface area contributed by atoms with Gasteiger partial charge in [0.2, 0.25) is 10.0 Å². The van der Waals surface area contributed by atoms with Crippen LogP contribution in [0.25, 0.3) is 0 Å². The van der Waals surface area contributed by atoms with E-state index in [2.05, 4.69) is 4.72 Å². The first-order chi connectivity index (χ1) is 8.94. The van der Waals surface area contributed by atoms with Crippen LogP contribution in [0.2, 0.25) is 5.02 Å². The molecule has 0 aromatic heterocycles. The van der Waals surface area contributed by atoms with E-state index in [0.717, 1.165) is 24.8 Å². The average molecular weight is 305 g/mol. The second-order valence-corrected chi connectivity index (χ2v) is 6.59. The first kappa shape index (κ1) is 16.4. The molecule has 1 unspecified atom stereocenters. The summed E-state index contributed by atoms with van der Waals surface area (Å²) in [5.41, 5.74) is 6.24. The average Bonchev–Trinajstić information content (AvgIpc) is 2.37. The fourth-order valence-electron chi connectivity index (χ4n) is 1.84. The van der Waals surface area contributed by atoms with Gasteiger partial charge in [0, 0.05) is 17.6 Å². The van der Waals surface area contributed by atoms with Crippen molar-refractivity contribution in [3.05, 3.63) is 28.8 Å². The van der Waals surface area contributed by atoms with E-state index in [4.69, 9.17) is 17.3 Å². The summed E-state index contributed by atoms with van der Waals surface area (Å²) in [6.07, 6.45) is 2.53. The molecular weight excluding hydrogens is 284 g/mol. The van der Waals surface area contributed by atoms with E-state index in [9.17, 15) is 8.42 Å². The van der Waals surface area contributed by atoms with Crippen molar-refractivity contribution in [1.82, 2.24) is 4.72 Å². The lowest BCUT2D eigenvalue weighted by atomic mass is 10.1. The normalized spacial score (nSPS) is 13.5. The first-order valence-corrected chi connectivity index (χ1v) is 8.31. The molecule has 108 valence electrons. The number of benzene rings is 1. The summed E-state index contributed by atoms with van der Waals surface area (Å²) in [4.78, 5) is 0.184. The van der Waals surface area contributed by atoms with Gasteiger partial charge in [-0.25, -0.2) is 13.1 Å². The van der Waals surface area contributed by atoms with E-state index >= 15 is 0 Å². The van der Waals surface area contributed by atoms with Gasteiger partial charge >= 0.3 is 0 Å². The molecule has 1 atom stereocenters. The molecule has 0 amide bonds. The van der Waals surface area contributed by atoms with Crippen molar-refractivity contribution in [2.75, 3.05) is 0 Å². The highest BCUT2D eigenvalue weighted by Gasteiger charge is 2.19. The molecule has 1 rings (SSSR count). The summed E-state index contributed by atoms with van der Waals surface area (Å²) in [5.74, 6) is 0. The van der Waals surface area contributed by atoms with Crippen LogP contribution in [0, 0.1) is 0 Å². The molecule has 0 radical (unpaired) electrons. The van der Waals surface area contributed by atoms with Gasteiger partial charge in [-0.2, -0.15) is 0 Å². The van der Waals surface area contributed by atoms with Crippen LogP contribution in [0.4, 0.5) is 0 Å². The van der Waals surface area contributed by atoms with Gasteiger partial charge in [0.15, 0.2) is 0 Å². The minimum absolute atomic E-state index is 0.0389. The molecule has 0 aliphatic carbocycles. The SMILES string of the molecule is CCCC(CC)NS(=O)(=O)c1ccc(CN)c(Cl)c1. The highest BCUT2D eigenvalue weighted by Crippen LogP contribution is 2.21. The molecule has 19 heavy (non-hydrogen) atoms. The Morgan fingerprint density at radius 1 is 1.37 bits per heavy atom. The van der Waals surface area contributed by atoms with Crippen molar-refractivity contribution < 1.29 is 8.42 Å². The van der Waals surface area contributed by atoms with E-state index < -0.39 is 10.0 Å². The molecule has 3 N–H and O–H groups in total. The highest BCUT2D eigenvalue weighted by molar-refractivity contribution is 7.89. The van der Waals surface area contributed by atoms with Gasteiger partial charge in [-0.05, 0) is 30.5 Å². The summed E-state index contributed by atoms with van der Waals surface area (Å²) in [6, 6.07) is 4.60. The molecule has 1 aromatic carbocycles. The molecule has 0 saturated carbocycles. The molecule has 0 bridgehead atoms. The third kappa shape index (κ3) is 4.45. The maximum absolute atomic E-state index is 12.2. The molecule has 0 heterocycles. The molecular formula is C13H21ClN2O2S. The lowest BCUT2D eigenvalue weighted by Gasteiger charge is -2.16. The summed E-state index contributed by atoms with van der Waals surface area (Å²) in [7, 11) is -3.52. The van der Waals surface area contributed by atoms with Crippen LogP contribution < -0.4 is 10.5 Å². The van der Waals surface area contributed by atoms with Crippen LogP contribution in [0.15, 0.2) is 23.1 Å². The zero-order valence-electron chi connectivity index (χ0n) is 11.3. The lowest BCUT2D eigenvalue weighted by molar-refractivity contribution is 0.512. The minimum atomic E-state index is -3.52. The Morgan fingerprint density at radius 3 is 2.53 bits per heavy atom. The number of hydrogen-bond donors (Lipinski definition) is 2. The first-order valence-electron chi connectivity index (χ1n) is 6.45. The molecule has 4 nitrogen and oxygen atoms in total. The summed E-state index contributed by atoms with van der Waals surface area (Å²) in [6.45, 7) is 4.29. The van der Waals surface area contributed by atoms with Crippen LogP contribution in [0.3, 0.4) is 0 Å². The van der Waals surface area contributed by atoms with Crippen LogP contribution in [-0.4, -0.2) is 14.5 Å². The van der Waals surface area contributed by atoms with Gasteiger partial charge in [-0.1, -0.05) is 37.9 Å². The second kappa shape index (κ2) is 7.24. The highest BCUT2D eigenvalue weighted by atomic mass is 35.5. The number of hydrogen-bond acceptors (Lipinski definition) is 3. The number of sulfonamides is 1. The van der Waals surface area contributed by atoms with E-state index in [1.165, 1.54) is 12.1 Å². The standard InChI is InChI=1S/C13H21ClN2O2S/c1-3-5-11(4-2)16-19(17,18)12-7-6-10(9-15)13(14)8-12/h6-8,11,16H,3-5,9,15H2,1-2H3. The zero-order chi connectivity index (χ0) is 14.5. The Kier molecular flexibility index (Phi) is 6.26. The molecule has 0 aliphatic heterocycles. The van der Waals surface area contributed by atoms with Gasteiger partial charge < -0.3 is 5.73 Å². The van der Waals surface area contributed by atoms with Crippen molar-refractivity contribution in [2.24, 2.45) is 5.73 Å². The number of nitrogens with two attached hydrogens (primary N) is 1. The Bertz CT molecular complexity index is 517. The monoisotopic (exact) mass is 304 g/mol. The van der Waals surface area contributed by atoms with Crippen molar-refractivity contribution in [1.29, 1.82) is 0 Å². The molecule has 0 fully saturated rings. The van der Waals surface area contributed by atoms with E-state index in [0.29, 0.717) is 11.6 Å². The summed E-state index contributed by atoms with van der Waals surface area (Å²) in [5, 5.41) is 0.383. The third-order valence-electron chi connectivity index (χ3n) is 3.01. The fourth-order valence-corrected chi connectivity index (χ4v) is 3.55. The molecule has 1 aromatic rings. The van der Waals surface area contributed by atoms with Gasteiger partial charge in [0.1, 0.15) is 0 Å². The van der Waals surface area contributed by atoms with Crippen molar-refractivity contribution in [3.8, 4) is 0 Å². The minimum Gasteiger partial charge on any atom is -0.326 e. The largest absolute Gasteiger partial charge is 0.326 e. The second-order valence-electron chi connectivity index (χ2n) is 4.47. The van der Waals surface area contributed by atoms with Gasteiger partial charge in [0.25, 0.3) is 0 Å².